The third-order valence-electron chi connectivity index (χ3n) is 4.72. The van der Waals surface area contributed by atoms with E-state index in [0.29, 0.717) is 5.56 Å². The van der Waals surface area contributed by atoms with Crippen molar-refractivity contribution in [3.8, 4) is 0 Å². The summed E-state index contributed by atoms with van der Waals surface area (Å²) in [6, 6.07) is 6.97. The zero-order valence-electron chi connectivity index (χ0n) is 13.5. The van der Waals surface area contributed by atoms with E-state index >= 15 is 0 Å². The fraction of sp³-hybridized carbons (Fsp3) is 0.632. The first-order chi connectivity index (χ1) is 10.8. The third-order valence-corrected chi connectivity index (χ3v) is 4.72. The minimum absolute atomic E-state index is 0.341. The van der Waals surface area contributed by atoms with Crippen molar-refractivity contribution in [3.05, 3.63) is 29.8 Å². The first-order valence-corrected chi connectivity index (χ1v) is 8.83. The molecule has 3 nitrogen and oxygen atoms in total. The highest BCUT2D eigenvalue weighted by Gasteiger charge is 2.12. The quantitative estimate of drug-likeness (QED) is 0.606. The lowest BCUT2D eigenvalue weighted by molar-refractivity contribution is 0.0697. The first-order valence-electron chi connectivity index (χ1n) is 8.83. The highest BCUT2D eigenvalue weighted by molar-refractivity contribution is 5.87. The molecule has 3 heteroatoms. The monoisotopic (exact) mass is 303 g/mol. The van der Waals surface area contributed by atoms with Crippen LogP contribution in [-0.4, -0.2) is 17.6 Å². The first kappa shape index (κ1) is 16.9. The van der Waals surface area contributed by atoms with Gasteiger partial charge in [-0.2, -0.15) is 0 Å². The average molecular weight is 303 g/mol. The lowest BCUT2D eigenvalue weighted by atomic mass is 9.85. The summed E-state index contributed by atoms with van der Waals surface area (Å²) in [5.41, 5.74) is 1.35. The van der Waals surface area contributed by atoms with Gasteiger partial charge >= 0.3 is 5.97 Å². The second-order valence-corrected chi connectivity index (χ2v) is 6.52. The molecule has 1 aromatic rings. The molecule has 0 atom stereocenters. The van der Waals surface area contributed by atoms with E-state index in [9.17, 15) is 4.79 Å². The van der Waals surface area contributed by atoms with Crippen molar-refractivity contribution in [3.63, 3.8) is 0 Å². The van der Waals surface area contributed by atoms with Gasteiger partial charge in [-0.15, -0.1) is 0 Å². The molecule has 1 aliphatic rings. The third kappa shape index (κ3) is 6.08. The van der Waals surface area contributed by atoms with Crippen molar-refractivity contribution >= 4 is 11.7 Å². The van der Waals surface area contributed by atoms with Crippen LogP contribution >= 0.6 is 0 Å². The highest BCUT2D eigenvalue weighted by atomic mass is 16.4. The summed E-state index contributed by atoms with van der Waals surface area (Å²) in [7, 11) is 0. The predicted octanol–water partition coefficient (Wildman–Crippen LogP) is 5.33. The Labute approximate surface area is 134 Å². The molecule has 0 aliphatic heterocycles. The molecule has 0 spiro atoms. The Balaban J connectivity index is 1.49. The number of hydrogen-bond acceptors (Lipinski definition) is 2. The molecule has 1 aliphatic carbocycles. The van der Waals surface area contributed by atoms with Gasteiger partial charge in [0.1, 0.15) is 0 Å². The van der Waals surface area contributed by atoms with E-state index in [1.165, 1.54) is 64.2 Å². The van der Waals surface area contributed by atoms with Crippen LogP contribution in [0.1, 0.15) is 74.6 Å². The summed E-state index contributed by atoms with van der Waals surface area (Å²) in [5, 5.41) is 12.2. The number of aromatic carboxylic acids is 1. The Morgan fingerprint density at radius 2 is 1.68 bits per heavy atom. The van der Waals surface area contributed by atoms with Gasteiger partial charge in [0.2, 0.25) is 0 Å². The van der Waals surface area contributed by atoms with Gasteiger partial charge in [-0.1, -0.05) is 57.8 Å². The highest BCUT2D eigenvalue weighted by Crippen LogP contribution is 2.27. The molecule has 0 saturated heterocycles. The van der Waals surface area contributed by atoms with Crippen LogP contribution in [0, 0.1) is 5.92 Å². The molecule has 2 N–H and O–H groups in total. The number of rotatable bonds is 9. The fourth-order valence-corrected chi connectivity index (χ4v) is 3.35. The van der Waals surface area contributed by atoms with E-state index in [4.69, 9.17) is 5.11 Å². The molecule has 1 aromatic carbocycles. The molecular weight excluding hydrogens is 274 g/mol. The van der Waals surface area contributed by atoms with Crippen molar-refractivity contribution in [2.24, 2.45) is 5.92 Å². The number of benzene rings is 1. The number of anilines is 1. The zero-order chi connectivity index (χ0) is 15.6. The molecule has 0 radical (unpaired) electrons. The van der Waals surface area contributed by atoms with Crippen LogP contribution in [0.5, 0.6) is 0 Å². The summed E-state index contributed by atoms with van der Waals surface area (Å²) in [5.74, 6) is 0.143. The molecular formula is C19H29NO2. The molecule has 0 heterocycles. The maximum Gasteiger partial charge on any atom is 0.335 e. The molecule has 2 rings (SSSR count). The number of nitrogens with one attached hydrogen (secondary N) is 1. The lowest BCUT2D eigenvalue weighted by Crippen LogP contribution is -2.06. The van der Waals surface area contributed by atoms with Gasteiger partial charge in [-0.25, -0.2) is 4.79 Å². The summed E-state index contributed by atoms with van der Waals surface area (Å²) in [4.78, 5) is 10.8. The van der Waals surface area contributed by atoms with Crippen LogP contribution in [0.2, 0.25) is 0 Å². The maximum atomic E-state index is 10.8. The topological polar surface area (TPSA) is 49.3 Å². The van der Waals surface area contributed by atoms with E-state index in [1.807, 2.05) is 12.1 Å². The van der Waals surface area contributed by atoms with Crippen LogP contribution in [-0.2, 0) is 0 Å². The van der Waals surface area contributed by atoms with Gasteiger partial charge < -0.3 is 10.4 Å². The number of carboxylic acids is 1. The van der Waals surface area contributed by atoms with E-state index in [0.717, 1.165) is 18.2 Å². The van der Waals surface area contributed by atoms with Crippen LogP contribution in [0.3, 0.4) is 0 Å². The van der Waals surface area contributed by atoms with Crippen molar-refractivity contribution in [1.82, 2.24) is 0 Å². The molecule has 1 saturated carbocycles. The van der Waals surface area contributed by atoms with Gasteiger partial charge in [0.25, 0.3) is 0 Å². The molecule has 122 valence electrons. The molecule has 0 bridgehead atoms. The van der Waals surface area contributed by atoms with Crippen molar-refractivity contribution < 1.29 is 9.90 Å². The number of carboxylic acid groups (broad SMARTS) is 1. The molecule has 0 amide bonds. The Kier molecular flexibility index (Phi) is 7.27. The SMILES string of the molecule is O=C(O)c1ccc(NCCCCCCC2CCCCC2)cc1. The van der Waals surface area contributed by atoms with E-state index in [-0.39, 0.29) is 0 Å². The van der Waals surface area contributed by atoms with Gasteiger partial charge in [0, 0.05) is 12.2 Å². The van der Waals surface area contributed by atoms with Crippen LogP contribution in [0.15, 0.2) is 24.3 Å². The molecule has 0 unspecified atom stereocenters. The Morgan fingerprint density at radius 3 is 2.36 bits per heavy atom. The number of carbonyl (C=O) groups is 1. The Hall–Kier alpha value is -1.51. The van der Waals surface area contributed by atoms with Crippen LogP contribution in [0.4, 0.5) is 5.69 Å². The smallest absolute Gasteiger partial charge is 0.335 e. The summed E-state index contributed by atoms with van der Waals surface area (Å²) < 4.78 is 0. The van der Waals surface area contributed by atoms with Gasteiger partial charge in [-0.05, 0) is 36.6 Å². The normalized spacial score (nSPS) is 15.6. The number of hydrogen-bond donors (Lipinski definition) is 2. The fourth-order valence-electron chi connectivity index (χ4n) is 3.35. The maximum absolute atomic E-state index is 10.8. The second-order valence-electron chi connectivity index (χ2n) is 6.52. The molecule has 22 heavy (non-hydrogen) atoms. The second kappa shape index (κ2) is 9.50. The zero-order valence-corrected chi connectivity index (χ0v) is 13.5. The van der Waals surface area contributed by atoms with Crippen molar-refractivity contribution in [2.45, 2.75) is 64.2 Å². The Morgan fingerprint density at radius 1 is 1.00 bits per heavy atom. The summed E-state index contributed by atoms with van der Waals surface area (Å²) in [6.07, 6.45) is 13.9. The number of unbranched alkanes of at least 4 members (excludes halogenated alkanes) is 3. The lowest BCUT2D eigenvalue weighted by Gasteiger charge is -2.21. The molecule has 0 aromatic heterocycles. The summed E-state index contributed by atoms with van der Waals surface area (Å²) >= 11 is 0. The minimum Gasteiger partial charge on any atom is -0.478 e. The van der Waals surface area contributed by atoms with Gasteiger partial charge in [0.05, 0.1) is 5.56 Å². The van der Waals surface area contributed by atoms with E-state index in [2.05, 4.69) is 5.32 Å². The van der Waals surface area contributed by atoms with Crippen molar-refractivity contribution in [2.75, 3.05) is 11.9 Å². The van der Waals surface area contributed by atoms with Crippen molar-refractivity contribution in [1.29, 1.82) is 0 Å². The molecule has 1 fully saturated rings. The Bertz CT molecular complexity index is 435. The minimum atomic E-state index is -0.871. The average Bonchev–Trinajstić information content (AvgIpc) is 2.55. The van der Waals surface area contributed by atoms with Crippen LogP contribution in [0.25, 0.3) is 0 Å². The van der Waals surface area contributed by atoms with E-state index < -0.39 is 5.97 Å². The summed E-state index contributed by atoms with van der Waals surface area (Å²) in [6.45, 7) is 0.968. The predicted molar refractivity (Wildman–Crippen MR) is 91.6 cm³/mol. The van der Waals surface area contributed by atoms with Gasteiger partial charge in [0.15, 0.2) is 0 Å². The largest absolute Gasteiger partial charge is 0.478 e. The standard InChI is InChI=1S/C19H29NO2/c21-19(22)17-11-13-18(14-12-17)20-15-7-2-1-4-8-16-9-5-3-6-10-16/h11-14,16,20H,1-10,15H2,(H,21,22). The van der Waals surface area contributed by atoms with Gasteiger partial charge in [-0.3, -0.25) is 0 Å². The van der Waals surface area contributed by atoms with Crippen LogP contribution < -0.4 is 5.32 Å². The van der Waals surface area contributed by atoms with E-state index in [1.54, 1.807) is 12.1 Å².